The van der Waals surface area contributed by atoms with Crippen LogP contribution in [0.4, 0.5) is 0 Å². The van der Waals surface area contributed by atoms with Gasteiger partial charge in [0.15, 0.2) is 0 Å². The van der Waals surface area contributed by atoms with E-state index >= 15 is 0 Å². The predicted octanol–water partition coefficient (Wildman–Crippen LogP) is 2.93. The summed E-state index contributed by atoms with van der Waals surface area (Å²) in [6, 6.07) is 10.8. The highest BCUT2D eigenvalue weighted by Gasteiger charge is 2.42. The number of aliphatic hydroxyl groups is 1. The lowest BCUT2D eigenvalue weighted by Gasteiger charge is -2.29. The number of benzene rings is 1. The van der Waals surface area contributed by atoms with Crippen LogP contribution < -0.4 is 5.32 Å². The second kappa shape index (κ2) is 10.4. The Morgan fingerprint density at radius 3 is 2.62 bits per heavy atom. The number of carbonyl (C=O) groups is 2. The highest BCUT2D eigenvalue weighted by atomic mass is 32.1. The Bertz CT molecular complexity index is 1130. The first kappa shape index (κ1) is 24.0. The van der Waals surface area contributed by atoms with Gasteiger partial charge < -0.3 is 15.3 Å². The average molecular weight is 480 g/mol. The van der Waals surface area contributed by atoms with Crippen molar-refractivity contribution in [2.45, 2.75) is 51.8 Å². The number of rotatable bonds is 7. The molecule has 2 N–H and O–H groups in total. The fourth-order valence-corrected chi connectivity index (χ4v) is 5.19. The van der Waals surface area contributed by atoms with Gasteiger partial charge in [-0.05, 0) is 36.1 Å². The Morgan fingerprint density at radius 1 is 1.24 bits per heavy atom. The van der Waals surface area contributed by atoms with Crippen LogP contribution in [0.1, 0.15) is 43.1 Å². The quantitative estimate of drug-likeness (QED) is 0.539. The minimum absolute atomic E-state index is 0.0358. The standard InChI is InChI=1S/C25H29N5O3S/c1-15(2)22(20-5-4-10-28-29-20)25(33)30-13-19(31)11-21(30)24(32)26-12-17-6-8-18(9-7-17)23-16(3)27-14-34-23/h4-10,14-15,19,21-22,31H,11-13H2,1-3H3,(H,26,32)/t19-,21+,22?/m1/s1. The molecule has 34 heavy (non-hydrogen) atoms. The van der Waals surface area contributed by atoms with Crippen molar-refractivity contribution < 1.29 is 14.7 Å². The highest BCUT2D eigenvalue weighted by molar-refractivity contribution is 7.13. The zero-order valence-electron chi connectivity index (χ0n) is 19.5. The second-order valence-corrected chi connectivity index (χ2v) is 9.80. The lowest BCUT2D eigenvalue weighted by molar-refractivity contribution is -0.140. The number of nitrogens with one attached hydrogen (secondary N) is 1. The van der Waals surface area contributed by atoms with Crippen LogP contribution in [0.5, 0.6) is 0 Å². The lowest BCUT2D eigenvalue weighted by Crippen LogP contribution is -2.48. The van der Waals surface area contributed by atoms with E-state index in [1.165, 1.54) is 4.90 Å². The Labute approximate surface area is 203 Å². The van der Waals surface area contributed by atoms with Gasteiger partial charge >= 0.3 is 0 Å². The Hall–Kier alpha value is -3.17. The normalized spacial score (nSPS) is 18.8. The van der Waals surface area contributed by atoms with Crippen LogP contribution in [0.3, 0.4) is 0 Å². The fraction of sp³-hybridized carbons (Fsp3) is 0.400. The van der Waals surface area contributed by atoms with E-state index in [0.717, 1.165) is 21.7 Å². The van der Waals surface area contributed by atoms with Crippen molar-refractivity contribution in [2.75, 3.05) is 6.54 Å². The zero-order valence-corrected chi connectivity index (χ0v) is 20.3. The molecule has 0 saturated carbocycles. The largest absolute Gasteiger partial charge is 0.391 e. The third-order valence-corrected chi connectivity index (χ3v) is 7.12. The summed E-state index contributed by atoms with van der Waals surface area (Å²) in [5, 5.41) is 21.2. The van der Waals surface area contributed by atoms with Crippen LogP contribution in [0.2, 0.25) is 0 Å². The third kappa shape index (κ3) is 5.15. The second-order valence-electron chi connectivity index (χ2n) is 8.95. The molecule has 0 radical (unpaired) electrons. The van der Waals surface area contributed by atoms with Gasteiger partial charge in [0.05, 0.1) is 33.8 Å². The van der Waals surface area contributed by atoms with Crippen LogP contribution in [0.15, 0.2) is 48.1 Å². The number of hydrogen-bond acceptors (Lipinski definition) is 7. The molecule has 1 aliphatic rings. The Morgan fingerprint density at radius 2 is 2.00 bits per heavy atom. The molecule has 3 heterocycles. The molecular formula is C25H29N5O3S. The monoisotopic (exact) mass is 479 g/mol. The lowest BCUT2D eigenvalue weighted by atomic mass is 9.90. The van der Waals surface area contributed by atoms with E-state index in [4.69, 9.17) is 0 Å². The number of aromatic nitrogens is 3. The Balaban J connectivity index is 1.43. The number of carbonyl (C=O) groups excluding carboxylic acids is 2. The van der Waals surface area contributed by atoms with Gasteiger partial charge in [-0.25, -0.2) is 4.98 Å². The summed E-state index contributed by atoms with van der Waals surface area (Å²) in [5.74, 6) is -1.05. The van der Waals surface area contributed by atoms with E-state index < -0.39 is 18.1 Å². The smallest absolute Gasteiger partial charge is 0.243 e. The van der Waals surface area contributed by atoms with Crippen molar-refractivity contribution in [3.63, 3.8) is 0 Å². The average Bonchev–Trinajstić information content (AvgIpc) is 3.44. The first-order valence-corrected chi connectivity index (χ1v) is 12.3. The fourth-order valence-electron chi connectivity index (χ4n) is 4.38. The minimum atomic E-state index is -0.740. The molecule has 2 amide bonds. The van der Waals surface area contributed by atoms with E-state index in [-0.39, 0.29) is 30.7 Å². The van der Waals surface area contributed by atoms with Gasteiger partial charge in [-0.15, -0.1) is 11.3 Å². The molecule has 3 atom stereocenters. The molecule has 1 aromatic carbocycles. The van der Waals surface area contributed by atoms with E-state index in [0.29, 0.717) is 12.2 Å². The maximum atomic E-state index is 13.5. The summed E-state index contributed by atoms with van der Waals surface area (Å²) in [4.78, 5) is 33.4. The van der Waals surface area contributed by atoms with Crippen molar-refractivity contribution in [2.24, 2.45) is 5.92 Å². The zero-order chi connectivity index (χ0) is 24.2. The van der Waals surface area contributed by atoms with Crippen LogP contribution >= 0.6 is 11.3 Å². The molecule has 1 saturated heterocycles. The predicted molar refractivity (Wildman–Crippen MR) is 130 cm³/mol. The van der Waals surface area contributed by atoms with Crippen LogP contribution in [-0.2, 0) is 16.1 Å². The first-order chi connectivity index (χ1) is 16.3. The summed E-state index contributed by atoms with van der Waals surface area (Å²) < 4.78 is 0. The number of thiazole rings is 1. The number of aryl methyl sites for hydroxylation is 1. The number of amides is 2. The first-order valence-electron chi connectivity index (χ1n) is 11.4. The summed E-state index contributed by atoms with van der Waals surface area (Å²) in [5.41, 5.74) is 5.44. The van der Waals surface area contributed by atoms with Gasteiger partial charge in [0.25, 0.3) is 0 Å². The van der Waals surface area contributed by atoms with E-state index in [9.17, 15) is 14.7 Å². The van der Waals surface area contributed by atoms with Gasteiger partial charge in [-0.3, -0.25) is 9.59 Å². The molecule has 0 aliphatic carbocycles. The van der Waals surface area contributed by atoms with Crippen LogP contribution in [0.25, 0.3) is 10.4 Å². The molecular weight excluding hydrogens is 450 g/mol. The molecule has 2 aromatic heterocycles. The summed E-state index contributed by atoms with van der Waals surface area (Å²) in [7, 11) is 0. The minimum Gasteiger partial charge on any atom is -0.391 e. The van der Waals surface area contributed by atoms with Crippen LogP contribution in [-0.4, -0.2) is 55.7 Å². The number of hydrogen-bond donors (Lipinski definition) is 2. The molecule has 3 aromatic rings. The van der Waals surface area contributed by atoms with Crippen molar-refractivity contribution in [1.29, 1.82) is 0 Å². The van der Waals surface area contributed by atoms with Gasteiger partial charge in [0.1, 0.15) is 6.04 Å². The molecule has 4 rings (SSSR count). The third-order valence-electron chi connectivity index (χ3n) is 6.14. The molecule has 8 nitrogen and oxygen atoms in total. The van der Waals surface area contributed by atoms with E-state index in [1.807, 2.05) is 50.5 Å². The van der Waals surface area contributed by atoms with Crippen molar-refractivity contribution in [3.8, 4) is 10.4 Å². The van der Waals surface area contributed by atoms with Crippen molar-refractivity contribution >= 4 is 23.2 Å². The van der Waals surface area contributed by atoms with Gasteiger partial charge in [0, 0.05) is 25.7 Å². The molecule has 178 valence electrons. The summed E-state index contributed by atoms with van der Waals surface area (Å²) >= 11 is 1.60. The summed E-state index contributed by atoms with van der Waals surface area (Å²) in [6.45, 7) is 6.33. The molecule has 1 aliphatic heterocycles. The number of likely N-dealkylation sites (tertiary alicyclic amines) is 1. The SMILES string of the molecule is Cc1ncsc1-c1ccc(CNC(=O)[C@@H]2C[C@@H](O)CN2C(=O)C(c2cccnn2)C(C)C)cc1. The number of nitrogens with zero attached hydrogens (tertiary/aromatic N) is 4. The Kier molecular flexibility index (Phi) is 7.33. The van der Waals surface area contributed by atoms with Gasteiger partial charge in [-0.2, -0.15) is 10.2 Å². The van der Waals surface area contributed by atoms with Gasteiger partial charge in [0.2, 0.25) is 11.8 Å². The number of aliphatic hydroxyl groups excluding tert-OH is 1. The van der Waals surface area contributed by atoms with E-state index in [1.54, 1.807) is 29.7 Å². The molecule has 0 spiro atoms. The molecule has 0 bridgehead atoms. The van der Waals surface area contributed by atoms with Gasteiger partial charge in [-0.1, -0.05) is 38.1 Å². The summed E-state index contributed by atoms with van der Waals surface area (Å²) in [6.07, 6.45) is 1.04. The maximum Gasteiger partial charge on any atom is 0.243 e. The maximum absolute atomic E-state index is 13.5. The molecule has 1 fully saturated rings. The number of β-amino-alcohol motifs (C(OH)–C–C–N with tert-alkyl or cyclic N) is 1. The van der Waals surface area contributed by atoms with Crippen molar-refractivity contribution in [3.05, 3.63) is 65.1 Å². The molecule has 1 unspecified atom stereocenters. The van der Waals surface area contributed by atoms with E-state index in [2.05, 4.69) is 20.5 Å². The van der Waals surface area contributed by atoms with Crippen molar-refractivity contribution in [1.82, 2.24) is 25.4 Å². The molecule has 9 heteroatoms. The highest BCUT2D eigenvalue weighted by Crippen LogP contribution is 2.30. The van der Waals surface area contributed by atoms with Crippen LogP contribution in [0, 0.1) is 12.8 Å². The topological polar surface area (TPSA) is 108 Å².